The first-order valence-electron chi connectivity index (χ1n) is 17.7. The van der Waals surface area contributed by atoms with Gasteiger partial charge < -0.3 is 10.0 Å². The molecular formula is C40H49N5O10S3. The molecule has 6 aromatic rings. The molecule has 1 aromatic heterocycles. The summed E-state index contributed by atoms with van der Waals surface area (Å²) in [5.41, 5.74) is 1.09. The number of phenols is 1. The second-order valence-corrected chi connectivity index (χ2v) is 14.6. The van der Waals surface area contributed by atoms with Crippen molar-refractivity contribution in [1.82, 2.24) is 9.97 Å². The van der Waals surface area contributed by atoms with Gasteiger partial charge in [0.15, 0.2) is 5.75 Å². The summed E-state index contributed by atoms with van der Waals surface area (Å²) in [6.07, 6.45) is 0.459. The molecule has 58 heavy (non-hydrogen) atoms. The molecule has 18 heteroatoms. The smallest absolute Gasteiger partial charge is 0.297 e. The molecule has 0 aliphatic heterocycles. The van der Waals surface area contributed by atoms with Crippen LogP contribution in [-0.4, -0.2) is 53.3 Å². The van der Waals surface area contributed by atoms with Gasteiger partial charge in [0.25, 0.3) is 20.2 Å². The average Bonchev–Trinajstić information content (AvgIpc) is 3.20. The van der Waals surface area contributed by atoms with E-state index >= 15 is 0 Å². The minimum absolute atomic E-state index is 0. The zero-order chi connectivity index (χ0) is 42.5. The van der Waals surface area contributed by atoms with E-state index in [9.17, 15) is 31.0 Å². The van der Waals surface area contributed by atoms with Gasteiger partial charge >= 0.3 is 0 Å². The molecule has 0 amide bonds. The molecule has 0 saturated heterocycles. The van der Waals surface area contributed by atoms with Crippen LogP contribution in [0.25, 0.3) is 21.5 Å². The summed E-state index contributed by atoms with van der Waals surface area (Å²) < 4.78 is 74.7. The monoisotopic (exact) mass is 855 g/mol. The predicted molar refractivity (Wildman–Crippen MR) is 229 cm³/mol. The first-order valence-corrected chi connectivity index (χ1v) is 21.4. The van der Waals surface area contributed by atoms with E-state index in [2.05, 4.69) is 29.6 Å². The summed E-state index contributed by atoms with van der Waals surface area (Å²) in [6.45, 7) is 13.7. The minimum Gasteiger partial charge on any atom is -0.505 e. The number of benzene rings is 5. The van der Waals surface area contributed by atoms with Gasteiger partial charge in [-0.3, -0.25) is 9.11 Å². The molecule has 0 bridgehead atoms. The van der Waals surface area contributed by atoms with Gasteiger partial charge in [-0.1, -0.05) is 115 Å². The summed E-state index contributed by atoms with van der Waals surface area (Å²) in [5, 5.41) is 33.4. The van der Waals surface area contributed by atoms with Crippen molar-refractivity contribution in [2.45, 2.75) is 77.0 Å². The van der Waals surface area contributed by atoms with Gasteiger partial charge in [-0.05, 0) is 47.5 Å². The Bertz CT molecular complexity index is 2560. The van der Waals surface area contributed by atoms with Crippen LogP contribution in [0.2, 0.25) is 0 Å². The van der Waals surface area contributed by atoms with E-state index in [-0.39, 0.29) is 45.5 Å². The SMILES string of the molecule is C.CC.CC.CC.Cc1nc(Cc2ccccc2)cc(N(C)c2cc(S(=O)(=O)O)cc3cc(SOOO)c(N=Nc4ccc5ccccc5c4S(=O)(=O)O)c(O)c23)n1. The van der Waals surface area contributed by atoms with E-state index in [1.807, 2.05) is 71.9 Å². The number of rotatable bonds is 11. The Balaban J connectivity index is 0.00000158. The van der Waals surface area contributed by atoms with Crippen LogP contribution in [0.1, 0.15) is 66.1 Å². The molecule has 0 aliphatic carbocycles. The lowest BCUT2D eigenvalue weighted by atomic mass is 10.1. The van der Waals surface area contributed by atoms with Crippen molar-refractivity contribution < 1.29 is 45.7 Å². The highest BCUT2D eigenvalue weighted by Gasteiger charge is 2.25. The maximum Gasteiger partial charge on any atom is 0.297 e. The molecule has 4 N–H and O–H groups in total. The third-order valence-electron chi connectivity index (χ3n) is 7.74. The Labute approximate surface area is 344 Å². The van der Waals surface area contributed by atoms with E-state index < -0.39 is 35.8 Å². The number of aromatic hydroxyl groups is 1. The van der Waals surface area contributed by atoms with Crippen molar-refractivity contribution in [3.8, 4) is 5.75 Å². The zero-order valence-corrected chi connectivity index (χ0v) is 35.0. The number of aromatic nitrogens is 2. The Morgan fingerprint density at radius 2 is 1.41 bits per heavy atom. The third kappa shape index (κ3) is 11.8. The van der Waals surface area contributed by atoms with Crippen molar-refractivity contribution in [2.75, 3.05) is 11.9 Å². The molecule has 5 aromatic carbocycles. The van der Waals surface area contributed by atoms with Gasteiger partial charge in [-0.25, -0.2) is 15.2 Å². The second-order valence-electron chi connectivity index (χ2n) is 11.1. The molecule has 0 saturated carbocycles. The van der Waals surface area contributed by atoms with Crippen LogP contribution in [0, 0.1) is 6.92 Å². The average molecular weight is 856 g/mol. The molecule has 312 valence electrons. The van der Waals surface area contributed by atoms with Crippen molar-refractivity contribution in [3.05, 3.63) is 108 Å². The van der Waals surface area contributed by atoms with Gasteiger partial charge in [0.05, 0.1) is 33.2 Å². The van der Waals surface area contributed by atoms with Crippen molar-refractivity contribution >= 4 is 76.7 Å². The van der Waals surface area contributed by atoms with Gasteiger partial charge in [0.2, 0.25) is 0 Å². The van der Waals surface area contributed by atoms with E-state index in [0.29, 0.717) is 41.2 Å². The van der Waals surface area contributed by atoms with Crippen LogP contribution in [0.5, 0.6) is 5.75 Å². The third-order valence-corrected chi connectivity index (χ3v) is 10.1. The Kier molecular flexibility index (Phi) is 18.8. The van der Waals surface area contributed by atoms with Crippen LogP contribution < -0.4 is 4.90 Å². The van der Waals surface area contributed by atoms with E-state index in [4.69, 9.17) is 5.26 Å². The molecule has 0 aliphatic rings. The number of anilines is 2. The summed E-state index contributed by atoms with van der Waals surface area (Å²) in [5.74, 6) is 0.131. The number of azo groups is 1. The van der Waals surface area contributed by atoms with Gasteiger partial charge in [0, 0.05) is 30.3 Å². The lowest BCUT2D eigenvalue weighted by molar-refractivity contribution is -0.432. The lowest BCUT2D eigenvalue weighted by Gasteiger charge is -2.23. The summed E-state index contributed by atoms with van der Waals surface area (Å²) in [6, 6.07) is 24.1. The molecule has 6 rings (SSSR count). The van der Waals surface area contributed by atoms with Crippen LogP contribution in [-0.2, 0) is 36.0 Å². The number of nitrogens with zero attached hydrogens (tertiary/aromatic N) is 5. The first kappa shape index (κ1) is 49.1. The second kappa shape index (κ2) is 22.2. The maximum absolute atomic E-state index is 12.5. The Morgan fingerprint density at radius 3 is 2.03 bits per heavy atom. The molecular weight excluding hydrogens is 807 g/mol. The van der Waals surface area contributed by atoms with Gasteiger partial charge in [-0.2, -0.15) is 16.8 Å². The summed E-state index contributed by atoms with van der Waals surface area (Å²) in [4.78, 5) is 9.40. The molecule has 0 spiro atoms. The number of hydrogen-bond acceptors (Lipinski definition) is 14. The van der Waals surface area contributed by atoms with E-state index in [1.165, 1.54) is 23.1 Å². The molecule has 1 heterocycles. The van der Waals surface area contributed by atoms with E-state index in [1.54, 1.807) is 44.3 Å². The maximum atomic E-state index is 12.5. The lowest BCUT2D eigenvalue weighted by Crippen LogP contribution is -2.15. The molecule has 0 atom stereocenters. The number of hydrogen-bond donors (Lipinski definition) is 4. The highest BCUT2D eigenvalue weighted by Crippen LogP contribution is 2.49. The number of fused-ring (bicyclic) bond motifs is 2. The largest absolute Gasteiger partial charge is 0.505 e. The minimum atomic E-state index is -4.83. The highest BCUT2D eigenvalue weighted by molar-refractivity contribution is 7.94. The van der Waals surface area contributed by atoms with E-state index in [0.717, 1.165) is 17.7 Å². The van der Waals surface area contributed by atoms with Gasteiger partial charge in [0.1, 0.15) is 27.9 Å². The molecule has 0 radical (unpaired) electrons. The molecule has 15 nitrogen and oxygen atoms in total. The van der Waals surface area contributed by atoms with Gasteiger partial charge in [-0.15, -0.1) is 14.6 Å². The van der Waals surface area contributed by atoms with Crippen LogP contribution in [0.3, 0.4) is 0 Å². The number of aryl methyl sites for hydroxylation is 1. The predicted octanol–water partition coefficient (Wildman–Crippen LogP) is 11.2. The Hall–Kier alpha value is -5.05. The van der Waals surface area contributed by atoms with Crippen molar-refractivity contribution in [3.63, 3.8) is 0 Å². The topological polar surface area (TPSA) is 221 Å². The highest BCUT2D eigenvalue weighted by atomic mass is 32.2. The van der Waals surface area contributed by atoms with Crippen molar-refractivity contribution in [1.29, 1.82) is 0 Å². The fraction of sp³-hybridized carbons (Fsp3) is 0.250. The quantitative estimate of drug-likeness (QED) is 0.0313. The zero-order valence-electron chi connectivity index (χ0n) is 32.6. The first-order chi connectivity index (χ1) is 27.2. The summed E-state index contributed by atoms with van der Waals surface area (Å²) >= 11 is 0.352. The fourth-order valence-corrected chi connectivity index (χ4v) is 7.42. The van der Waals surface area contributed by atoms with Crippen LogP contribution in [0.4, 0.5) is 22.9 Å². The Morgan fingerprint density at radius 1 is 0.776 bits per heavy atom. The molecule has 0 unspecified atom stereocenters. The normalized spacial score (nSPS) is 11.1. The fourth-order valence-electron chi connectivity index (χ4n) is 5.55. The number of phenolic OH excluding ortho intramolecular Hbond substituents is 1. The standard InChI is InChI=1S/C33H27N5O10S3.3C2H6.CH4/c1-19-34-23(14-20-8-4-3-5-9-20)17-29(35-19)38(2)27-18-24(50(41,42)43)15-22-16-28(49-48-47-40)31(32(39)30(22)27)37-36-26-13-12-21-10-6-7-11-25(21)33(26)51(44,45)46;3*1-2;/h3-13,15-18,39-40H,14H2,1-2H3,(H,41,42,43)(H,44,45,46);3*1-2H3;1H4. The van der Waals surface area contributed by atoms with Crippen LogP contribution in [0.15, 0.2) is 116 Å². The van der Waals surface area contributed by atoms with Crippen LogP contribution >= 0.6 is 12.0 Å². The summed E-state index contributed by atoms with van der Waals surface area (Å²) in [7, 11) is -8.05. The van der Waals surface area contributed by atoms with Crippen molar-refractivity contribution in [2.24, 2.45) is 10.2 Å². The molecule has 0 fully saturated rings.